The molecule has 2 atom stereocenters. The molecule has 1 saturated heterocycles. The molecule has 1 aliphatic heterocycles. The normalized spacial score (nSPS) is 19.2. The number of nitrogens with zero attached hydrogens (tertiary/aromatic N) is 3. The number of nitrogens with one attached hydrogen (secondary N) is 1. The van der Waals surface area contributed by atoms with E-state index in [-0.39, 0.29) is 33.4 Å². The van der Waals surface area contributed by atoms with Gasteiger partial charge in [-0.3, -0.25) is 9.48 Å². The second kappa shape index (κ2) is 8.69. The van der Waals surface area contributed by atoms with Crippen molar-refractivity contribution in [2.45, 2.75) is 31.4 Å². The van der Waals surface area contributed by atoms with Crippen LogP contribution >= 0.6 is 11.3 Å². The third-order valence-corrected chi connectivity index (χ3v) is 6.04. The van der Waals surface area contributed by atoms with Gasteiger partial charge in [-0.1, -0.05) is 17.4 Å². The predicted molar refractivity (Wildman–Crippen MR) is 114 cm³/mol. The SMILES string of the molecule is Cn1ncc(NC(=O)c2nc(-c3c(F)cccc3F)sc2N)c1C1CCCC(N)CO1. The number of benzene rings is 1. The third-order valence-electron chi connectivity index (χ3n) is 5.14. The molecule has 4 rings (SSSR count). The van der Waals surface area contributed by atoms with Crippen molar-refractivity contribution in [1.82, 2.24) is 14.8 Å². The highest BCUT2D eigenvalue weighted by Crippen LogP contribution is 2.35. The Morgan fingerprint density at radius 1 is 1.32 bits per heavy atom. The van der Waals surface area contributed by atoms with Crippen LogP contribution in [0.3, 0.4) is 0 Å². The predicted octanol–water partition coefficient (Wildman–Crippen LogP) is 3.23. The summed E-state index contributed by atoms with van der Waals surface area (Å²) in [5.74, 6) is -2.16. The molecule has 0 aliphatic carbocycles. The number of nitrogens with two attached hydrogens (primary N) is 2. The van der Waals surface area contributed by atoms with E-state index in [2.05, 4.69) is 15.4 Å². The molecule has 1 aromatic carbocycles. The summed E-state index contributed by atoms with van der Waals surface area (Å²) in [5.41, 5.74) is 12.7. The highest BCUT2D eigenvalue weighted by atomic mass is 32.1. The van der Waals surface area contributed by atoms with Gasteiger partial charge in [0.25, 0.3) is 5.91 Å². The van der Waals surface area contributed by atoms with E-state index >= 15 is 0 Å². The zero-order valence-corrected chi connectivity index (χ0v) is 17.6. The minimum atomic E-state index is -0.779. The number of amides is 1. The number of halogens is 2. The molecule has 3 heterocycles. The molecule has 5 N–H and O–H groups in total. The van der Waals surface area contributed by atoms with Gasteiger partial charge in [0.05, 0.1) is 29.7 Å². The van der Waals surface area contributed by atoms with Crippen molar-refractivity contribution >= 4 is 27.9 Å². The number of carbonyl (C=O) groups excluding carboxylic acids is 1. The fraction of sp³-hybridized carbons (Fsp3) is 0.350. The van der Waals surface area contributed by atoms with E-state index < -0.39 is 17.5 Å². The van der Waals surface area contributed by atoms with Crippen LogP contribution in [0.15, 0.2) is 24.4 Å². The first kappa shape index (κ1) is 21.3. The molecule has 2 unspecified atom stereocenters. The lowest BCUT2D eigenvalue weighted by Gasteiger charge is -2.18. The van der Waals surface area contributed by atoms with Crippen molar-refractivity contribution in [3.05, 3.63) is 47.4 Å². The van der Waals surface area contributed by atoms with Gasteiger partial charge >= 0.3 is 0 Å². The average Bonchev–Trinajstić information content (AvgIpc) is 3.19. The Morgan fingerprint density at radius 2 is 2.06 bits per heavy atom. The van der Waals surface area contributed by atoms with E-state index in [1.54, 1.807) is 11.7 Å². The standard InChI is InChI=1S/C20H22F2N6O2S/c1-28-17(14-7-2-4-10(23)9-30-14)13(8-25-28)26-19(29)16-18(24)31-20(27-16)15-11(21)5-3-6-12(15)22/h3,5-6,8,10,14H,2,4,7,9,23-24H2,1H3,(H,26,29). The molecule has 8 nitrogen and oxygen atoms in total. The first-order chi connectivity index (χ1) is 14.8. The Balaban J connectivity index is 1.60. The van der Waals surface area contributed by atoms with Gasteiger partial charge in [-0.25, -0.2) is 13.8 Å². The lowest BCUT2D eigenvalue weighted by atomic mass is 10.1. The maximum atomic E-state index is 14.1. The zero-order valence-electron chi connectivity index (χ0n) is 16.8. The largest absolute Gasteiger partial charge is 0.389 e. The topological polar surface area (TPSA) is 121 Å². The van der Waals surface area contributed by atoms with Gasteiger partial charge in [0.15, 0.2) is 5.69 Å². The van der Waals surface area contributed by atoms with E-state index in [9.17, 15) is 13.6 Å². The number of anilines is 2. The number of aryl methyl sites for hydroxylation is 1. The van der Waals surface area contributed by atoms with Crippen molar-refractivity contribution in [2.75, 3.05) is 17.7 Å². The summed E-state index contributed by atoms with van der Waals surface area (Å²) >= 11 is 0.842. The van der Waals surface area contributed by atoms with Crippen LogP contribution in [0.1, 0.15) is 41.5 Å². The molecule has 164 valence electrons. The molecule has 0 bridgehead atoms. The Bertz CT molecular complexity index is 1100. The lowest BCUT2D eigenvalue weighted by molar-refractivity contribution is 0.0473. The number of rotatable bonds is 4. The van der Waals surface area contributed by atoms with Crippen LogP contribution in [0.4, 0.5) is 19.5 Å². The number of hydrogen-bond donors (Lipinski definition) is 3. The lowest BCUT2D eigenvalue weighted by Crippen LogP contribution is -2.25. The Hall–Kier alpha value is -2.89. The maximum Gasteiger partial charge on any atom is 0.277 e. The average molecular weight is 448 g/mol. The maximum absolute atomic E-state index is 14.1. The van der Waals surface area contributed by atoms with Crippen molar-refractivity contribution in [1.29, 1.82) is 0 Å². The summed E-state index contributed by atoms with van der Waals surface area (Å²) in [4.78, 5) is 17.0. The monoisotopic (exact) mass is 448 g/mol. The number of thiazole rings is 1. The van der Waals surface area contributed by atoms with Crippen LogP contribution in [-0.2, 0) is 11.8 Å². The van der Waals surface area contributed by atoms with E-state index in [1.165, 1.54) is 12.3 Å². The van der Waals surface area contributed by atoms with Crippen LogP contribution in [0.2, 0.25) is 0 Å². The van der Waals surface area contributed by atoms with Gasteiger partial charge in [0.2, 0.25) is 0 Å². The Labute approximate surface area is 181 Å². The van der Waals surface area contributed by atoms with Crippen molar-refractivity contribution < 1.29 is 18.3 Å². The summed E-state index contributed by atoms with van der Waals surface area (Å²) in [6.07, 6.45) is 3.74. The van der Waals surface area contributed by atoms with E-state index in [1.807, 2.05) is 0 Å². The van der Waals surface area contributed by atoms with Crippen LogP contribution in [0.25, 0.3) is 10.6 Å². The molecule has 11 heteroatoms. The summed E-state index contributed by atoms with van der Waals surface area (Å²) < 4.78 is 35.8. The van der Waals surface area contributed by atoms with Gasteiger partial charge in [-0.15, -0.1) is 0 Å². The molecule has 2 aromatic heterocycles. The second-order valence-corrected chi connectivity index (χ2v) is 8.39. The van der Waals surface area contributed by atoms with Gasteiger partial charge in [0.1, 0.15) is 27.7 Å². The van der Waals surface area contributed by atoms with Crippen LogP contribution in [0.5, 0.6) is 0 Å². The van der Waals surface area contributed by atoms with Crippen molar-refractivity contribution in [3.63, 3.8) is 0 Å². The zero-order chi connectivity index (χ0) is 22.1. The van der Waals surface area contributed by atoms with Crippen LogP contribution in [-0.4, -0.2) is 33.3 Å². The van der Waals surface area contributed by atoms with Crippen molar-refractivity contribution in [2.24, 2.45) is 12.8 Å². The summed E-state index contributed by atoms with van der Waals surface area (Å²) in [5, 5.41) is 7.03. The molecule has 0 spiro atoms. The first-order valence-electron chi connectivity index (χ1n) is 9.76. The Kier molecular flexibility index (Phi) is 5.99. The van der Waals surface area contributed by atoms with Crippen molar-refractivity contribution in [3.8, 4) is 10.6 Å². The van der Waals surface area contributed by atoms with Gasteiger partial charge in [-0.05, 0) is 31.4 Å². The van der Waals surface area contributed by atoms with Gasteiger partial charge in [-0.2, -0.15) is 5.10 Å². The number of carbonyl (C=O) groups is 1. The molecular weight excluding hydrogens is 426 g/mol. The second-order valence-electron chi connectivity index (χ2n) is 7.36. The van der Waals surface area contributed by atoms with E-state index in [4.69, 9.17) is 16.2 Å². The first-order valence-corrected chi connectivity index (χ1v) is 10.6. The Morgan fingerprint density at radius 3 is 2.81 bits per heavy atom. The molecule has 31 heavy (non-hydrogen) atoms. The van der Waals surface area contributed by atoms with Gasteiger partial charge < -0.3 is 21.5 Å². The fourth-order valence-electron chi connectivity index (χ4n) is 3.60. The molecule has 1 amide bonds. The molecule has 1 fully saturated rings. The van der Waals surface area contributed by atoms with Crippen LogP contribution in [0, 0.1) is 11.6 Å². The number of ether oxygens (including phenoxy) is 1. The van der Waals surface area contributed by atoms with E-state index in [0.29, 0.717) is 18.0 Å². The highest BCUT2D eigenvalue weighted by molar-refractivity contribution is 7.19. The van der Waals surface area contributed by atoms with Crippen LogP contribution < -0.4 is 16.8 Å². The molecule has 1 aliphatic rings. The quantitative estimate of drug-likeness (QED) is 0.564. The number of nitrogen functional groups attached to an aromatic ring is 1. The minimum Gasteiger partial charge on any atom is -0.389 e. The summed E-state index contributed by atoms with van der Waals surface area (Å²) in [6.45, 7) is 0.416. The summed E-state index contributed by atoms with van der Waals surface area (Å²) in [6, 6.07) is 3.47. The smallest absolute Gasteiger partial charge is 0.277 e. The van der Waals surface area contributed by atoms with E-state index in [0.717, 1.165) is 42.7 Å². The highest BCUT2D eigenvalue weighted by Gasteiger charge is 2.27. The fourth-order valence-corrected chi connectivity index (χ4v) is 4.48. The van der Waals surface area contributed by atoms with Gasteiger partial charge in [0, 0.05) is 13.1 Å². The number of hydrogen-bond acceptors (Lipinski definition) is 7. The summed E-state index contributed by atoms with van der Waals surface area (Å²) in [7, 11) is 1.76. The molecule has 3 aromatic rings. The molecule has 0 radical (unpaired) electrons. The third kappa shape index (κ3) is 4.29. The number of aromatic nitrogens is 3. The molecular formula is C20H22F2N6O2S. The molecule has 0 saturated carbocycles. The minimum absolute atomic E-state index is 0.00857.